The third-order valence-corrected chi connectivity index (χ3v) is 4.69. The third-order valence-electron chi connectivity index (χ3n) is 3.76. The number of benzene rings is 1. The molecule has 0 radical (unpaired) electrons. The zero-order valence-electron chi connectivity index (χ0n) is 13.6. The van der Waals surface area contributed by atoms with Gasteiger partial charge in [0.2, 0.25) is 5.91 Å². The lowest BCUT2D eigenvalue weighted by Gasteiger charge is -2.16. The van der Waals surface area contributed by atoms with Gasteiger partial charge in [-0.2, -0.15) is 0 Å². The van der Waals surface area contributed by atoms with Crippen LogP contribution < -0.4 is 15.0 Å². The van der Waals surface area contributed by atoms with Crippen LogP contribution in [0.2, 0.25) is 0 Å². The lowest BCUT2D eigenvalue weighted by molar-refractivity contribution is -0.113. The summed E-state index contributed by atoms with van der Waals surface area (Å²) >= 11 is 1.41. The number of hydrogen-bond donors (Lipinski definition) is 1. The number of nitrogens with one attached hydrogen (secondary N) is 1. The number of carbonyl (C=O) groups excluding carboxylic acids is 1. The maximum absolute atomic E-state index is 12.1. The molecule has 0 aliphatic carbocycles. The predicted octanol–water partition coefficient (Wildman–Crippen LogP) is 2.82. The van der Waals surface area contributed by atoms with Crippen LogP contribution in [0.5, 0.6) is 5.75 Å². The van der Waals surface area contributed by atoms with Crippen LogP contribution in [0.3, 0.4) is 0 Å². The summed E-state index contributed by atoms with van der Waals surface area (Å²) in [4.78, 5) is 22.9. The van der Waals surface area contributed by atoms with Gasteiger partial charge in [-0.3, -0.25) is 4.79 Å². The van der Waals surface area contributed by atoms with Crippen molar-refractivity contribution >= 4 is 29.2 Å². The number of rotatable bonds is 6. The van der Waals surface area contributed by atoms with E-state index < -0.39 is 0 Å². The summed E-state index contributed by atoms with van der Waals surface area (Å²) < 4.78 is 5.15. The molecule has 0 spiro atoms. The van der Waals surface area contributed by atoms with E-state index in [4.69, 9.17) is 4.74 Å². The molecule has 1 aromatic carbocycles. The Hall–Kier alpha value is -2.28. The van der Waals surface area contributed by atoms with Crippen LogP contribution in [0.1, 0.15) is 12.8 Å². The molecule has 24 heavy (non-hydrogen) atoms. The SMILES string of the molecule is COc1cccc(NC(=O)CSc2cc(N3CCCC3)ncn2)c1. The second-order valence-electron chi connectivity index (χ2n) is 5.48. The first kappa shape index (κ1) is 16.6. The van der Waals surface area contributed by atoms with Crippen LogP contribution in [0, 0.1) is 0 Å². The molecule has 1 aliphatic rings. The van der Waals surface area contributed by atoms with Crippen LogP contribution in [0.25, 0.3) is 0 Å². The van der Waals surface area contributed by atoms with E-state index in [1.807, 2.05) is 24.3 Å². The Morgan fingerprint density at radius 3 is 2.92 bits per heavy atom. The van der Waals surface area contributed by atoms with Crippen LogP contribution in [0.4, 0.5) is 11.5 Å². The smallest absolute Gasteiger partial charge is 0.234 e. The Labute approximate surface area is 145 Å². The van der Waals surface area contributed by atoms with Gasteiger partial charge in [-0.1, -0.05) is 17.8 Å². The lowest BCUT2D eigenvalue weighted by Crippen LogP contribution is -2.19. The van der Waals surface area contributed by atoms with Crippen molar-refractivity contribution in [2.24, 2.45) is 0 Å². The minimum absolute atomic E-state index is 0.0745. The van der Waals surface area contributed by atoms with Gasteiger partial charge in [0.25, 0.3) is 0 Å². The Balaban J connectivity index is 1.55. The van der Waals surface area contributed by atoms with E-state index in [1.54, 1.807) is 19.5 Å². The van der Waals surface area contributed by atoms with E-state index in [-0.39, 0.29) is 5.91 Å². The number of carbonyl (C=O) groups is 1. The van der Waals surface area contributed by atoms with Crippen molar-refractivity contribution in [2.45, 2.75) is 17.9 Å². The molecular weight excluding hydrogens is 324 g/mol. The molecule has 0 atom stereocenters. The molecule has 0 saturated carbocycles. The summed E-state index contributed by atoms with van der Waals surface area (Å²) in [5.41, 5.74) is 0.723. The largest absolute Gasteiger partial charge is 0.497 e. The van der Waals surface area contributed by atoms with Gasteiger partial charge in [-0.05, 0) is 25.0 Å². The highest BCUT2D eigenvalue weighted by atomic mass is 32.2. The molecule has 1 fully saturated rings. The number of hydrogen-bond acceptors (Lipinski definition) is 6. The molecule has 2 aromatic rings. The number of anilines is 2. The van der Waals surface area contributed by atoms with Crippen LogP contribution in [-0.2, 0) is 4.79 Å². The molecule has 1 amide bonds. The standard InChI is InChI=1S/C17H20N4O2S/c1-23-14-6-4-5-13(9-14)20-16(22)11-24-17-10-15(18-12-19-17)21-7-2-3-8-21/h4-6,9-10,12H,2-3,7-8,11H2,1H3,(H,20,22). The highest BCUT2D eigenvalue weighted by Crippen LogP contribution is 2.23. The number of aromatic nitrogens is 2. The minimum atomic E-state index is -0.0745. The minimum Gasteiger partial charge on any atom is -0.497 e. The first-order valence-corrected chi connectivity index (χ1v) is 8.87. The first-order valence-electron chi connectivity index (χ1n) is 7.88. The predicted molar refractivity (Wildman–Crippen MR) is 95.8 cm³/mol. The Morgan fingerprint density at radius 1 is 1.29 bits per heavy atom. The van der Waals surface area contributed by atoms with Crippen molar-refractivity contribution < 1.29 is 9.53 Å². The van der Waals surface area contributed by atoms with Gasteiger partial charge >= 0.3 is 0 Å². The molecule has 0 bridgehead atoms. The maximum atomic E-state index is 12.1. The van der Waals surface area contributed by atoms with Gasteiger partial charge in [-0.15, -0.1) is 0 Å². The average molecular weight is 344 g/mol. The first-order chi connectivity index (χ1) is 11.7. The Bertz CT molecular complexity index is 704. The van der Waals surface area contributed by atoms with Crippen LogP contribution in [0.15, 0.2) is 41.7 Å². The number of methoxy groups -OCH3 is 1. The molecule has 0 unspecified atom stereocenters. The second-order valence-corrected chi connectivity index (χ2v) is 6.47. The molecule has 7 heteroatoms. The lowest BCUT2D eigenvalue weighted by atomic mass is 10.3. The highest BCUT2D eigenvalue weighted by molar-refractivity contribution is 7.99. The van der Waals surface area contributed by atoms with E-state index in [0.29, 0.717) is 11.5 Å². The monoisotopic (exact) mass is 344 g/mol. The van der Waals surface area contributed by atoms with Crippen molar-refractivity contribution in [2.75, 3.05) is 36.2 Å². The van der Waals surface area contributed by atoms with Gasteiger partial charge in [0, 0.05) is 30.9 Å². The molecular formula is C17H20N4O2S. The summed E-state index contributed by atoms with van der Waals surface area (Å²) in [6, 6.07) is 9.26. The van der Waals surface area contributed by atoms with E-state index in [0.717, 1.165) is 29.6 Å². The number of nitrogens with zero attached hydrogens (tertiary/aromatic N) is 3. The molecule has 1 aromatic heterocycles. The van der Waals surface area contributed by atoms with Crippen molar-refractivity contribution in [1.29, 1.82) is 0 Å². The quantitative estimate of drug-likeness (QED) is 0.642. The molecule has 6 nitrogen and oxygen atoms in total. The normalized spacial score (nSPS) is 13.8. The van der Waals surface area contributed by atoms with Gasteiger partial charge in [0.15, 0.2) is 0 Å². The van der Waals surface area contributed by atoms with E-state index >= 15 is 0 Å². The van der Waals surface area contributed by atoms with Crippen molar-refractivity contribution in [3.63, 3.8) is 0 Å². The second kappa shape index (κ2) is 8.01. The molecule has 2 heterocycles. The third kappa shape index (κ3) is 4.38. The molecule has 126 valence electrons. The maximum Gasteiger partial charge on any atom is 0.234 e. The zero-order valence-corrected chi connectivity index (χ0v) is 14.4. The van der Waals surface area contributed by atoms with Crippen molar-refractivity contribution in [3.8, 4) is 5.75 Å². The van der Waals surface area contributed by atoms with Crippen molar-refractivity contribution in [1.82, 2.24) is 9.97 Å². The zero-order chi connectivity index (χ0) is 16.8. The molecule has 3 rings (SSSR count). The van der Waals surface area contributed by atoms with Gasteiger partial charge < -0.3 is 15.0 Å². The molecule has 1 saturated heterocycles. The Morgan fingerprint density at radius 2 is 2.12 bits per heavy atom. The van der Waals surface area contributed by atoms with Crippen LogP contribution in [-0.4, -0.2) is 41.8 Å². The number of thioether (sulfide) groups is 1. The summed E-state index contributed by atoms with van der Waals surface area (Å²) in [6.45, 7) is 2.08. The average Bonchev–Trinajstić information content (AvgIpc) is 3.15. The summed E-state index contributed by atoms with van der Waals surface area (Å²) in [6.07, 6.45) is 3.97. The van der Waals surface area contributed by atoms with Crippen LogP contribution >= 0.6 is 11.8 Å². The molecule has 1 N–H and O–H groups in total. The topological polar surface area (TPSA) is 67.3 Å². The van der Waals surface area contributed by atoms with E-state index in [9.17, 15) is 4.79 Å². The van der Waals surface area contributed by atoms with E-state index in [1.165, 1.54) is 24.6 Å². The van der Waals surface area contributed by atoms with E-state index in [2.05, 4.69) is 20.2 Å². The summed E-state index contributed by atoms with van der Waals surface area (Å²) in [7, 11) is 1.60. The number of ether oxygens (including phenoxy) is 1. The van der Waals surface area contributed by atoms with Gasteiger partial charge in [0.1, 0.15) is 22.9 Å². The fourth-order valence-corrected chi connectivity index (χ4v) is 3.23. The Kier molecular flexibility index (Phi) is 5.53. The fraction of sp³-hybridized carbons (Fsp3) is 0.353. The summed E-state index contributed by atoms with van der Waals surface area (Å²) in [5.74, 6) is 1.88. The van der Waals surface area contributed by atoms with Gasteiger partial charge in [0.05, 0.1) is 12.9 Å². The highest BCUT2D eigenvalue weighted by Gasteiger charge is 2.14. The molecule has 1 aliphatic heterocycles. The summed E-state index contributed by atoms with van der Waals surface area (Å²) in [5, 5.41) is 3.68. The van der Waals surface area contributed by atoms with Gasteiger partial charge in [-0.25, -0.2) is 9.97 Å². The number of amides is 1. The van der Waals surface area contributed by atoms with Crippen molar-refractivity contribution in [3.05, 3.63) is 36.7 Å². The fourth-order valence-electron chi connectivity index (χ4n) is 2.57.